The van der Waals surface area contributed by atoms with E-state index in [0.29, 0.717) is 6.42 Å². The quantitative estimate of drug-likeness (QED) is 0.594. The van der Waals surface area contributed by atoms with Crippen molar-refractivity contribution in [1.29, 1.82) is 0 Å². The molecule has 18 heavy (non-hydrogen) atoms. The molecule has 1 fully saturated rings. The summed E-state index contributed by atoms with van der Waals surface area (Å²) >= 11 is 0. The van der Waals surface area contributed by atoms with Gasteiger partial charge in [0.2, 0.25) is 0 Å². The molecule has 5 N–H and O–H groups in total. The molecule has 100 valence electrons. The molecule has 4 nitrogen and oxygen atoms in total. The van der Waals surface area contributed by atoms with E-state index in [0.717, 1.165) is 24.9 Å². The van der Waals surface area contributed by atoms with Crippen molar-refractivity contribution < 1.29 is 10.2 Å². The van der Waals surface area contributed by atoms with E-state index in [1.54, 1.807) is 0 Å². The maximum Gasteiger partial charge on any atom is 0.0968 e. The van der Waals surface area contributed by atoms with E-state index in [-0.39, 0.29) is 6.04 Å². The molecule has 0 aromatic heterocycles. The molecule has 0 radical (unpaired) electrons. The minimum Gasteiger partial charge on any atom is -0.389 e. The maximum absolute atomic E-state index is 10.1. The van der Waals surface area contributed by atoms with E-state index < -0.39 is 18.2 Å². The second-order valence-corrected chi connectivity index (χ2v) is 5.04. The van der Waals surface area contributed by atoms with E-state index >= 15 is 0 Å². The molecule has 0 bridgehead atoms. The zero-order valence-corrected chi connectivity index (χ0v) is 10.5. The van der Waals surface area contributed by atoms with Crippen LogP contribution in [0.5, 0.6) is 0 Å². The number of hydrogen-bond acceptors (Lipinski definition) is 4. The van der Waals surface area contributed by atoms with Crippen LogP contribution in [0.25, 0.3) is 0 Å². The van der Waals surface area contributed by atoms with Crippen LogP contribution >= 0.6 is 0 Å². The number of nitrogens with two attached hydrogens (primary N) is 1. The average molecular weight is 250 g/mol. The van der Waals surface area contributed by atoms with Gasteiger partial charge in [0.25, 0.3) is 0 Å². The zero-order valence-electron chi connectivity index (χ0n) is 10.5. The summed E-state index contributed by atoms with van der Waals surface area (Å²) in [6, 6.07) is 9.33. The van der Waals surface area contributed by atoms with Gasteiger partial charge in [0.1, 0.15) is 0 Å². The van der Waals surface area contributed by atoms with Crippen molar-refractivity contribution in [3.63, 3.8) is 0 Å². The van der Waals surface area contributed by atoms with Crippen molar-refractivity contribution in [2.45, 2.75) is 43.6 Å². The van der Waals surface area contributed by atoms with Gasteiger partial charge in [-0.3, -0.25) is 0 Å². The average Bonchev–Trinajstić information content (AvgIpc) is 2.92. The molecule has 1 heterocycles. The first-order valence-electron chi connectivity index (χ1n) is 6.57. The molecule has 1 saturated heterocycles. The monoisotopic (exact) mass is 250 g/mol. The molecule has 3 unspecified atom stereocenters. The standard InChI is InChI=1S/C14H22N2O2/c15-11(9-10-5-2-1-3-6-10)13(17)14(18)12-7-4-8-16-12/h1-3,5-6,11-14,16-18H,4,7-9,15H2/t11?,12-,13?,14?/m0/s1. The second kappa shape index (κ2) is 6.29. The van der Waals surface area contributed by atoms with Crippen molar-refractivity contribution in [1.82, 2.24) is 5.32 Å². The van der Waals surface area contributed by atoms with Gasteiger partial charge in [-0.05, 0) is 31.4 Å². The molecule has 0 amide bonds. The van der Waals surface area contributed by atoms with Crippen LogP contribution in [-0.2, 0) is 6.42 Å². The predicted molar refractivity (Wildman–Crippen MR) is 71.2 cm³/mol. The van der Waals surface area contributed by atoms with Crippen molar-refractivity contribution >= 4 is 0 Å². The maximum atomic E-state index is 10.1. The molecule has 1 aromatic rings. The summed E-state index contributed by atoms with van der Waals surface area (Å²) in [6.07, 6.45) is 0.844. The molecule has 2 rings (SSSR count). The topological polar surface area (TPSA) is 78.5 Å². The first kappa shape index (κ1) is 13.5. The van der Waals surface area contributed by atoms with Gasteiger partial charge in [0, 0.05) is 12.1 Å². The van der Waals surface area contributed by atoms with Gasteiger partial charge in [-0.2, -0.15) is 0 Å². The van der Waals surface area contributed by atoms with Crippen molar-refractivity contribution in [3.05, 3.63) is 35.9 Å². The molecule has 0 spiro atoms. The summed E-state index contributed by atoms with van der Waals surface area (Å²) < 4.78 is 0. The van der Waals surface area contributed by atoms with Crippen LogP contribution in [0.15, 0.2) is 30.3 Å². The highest BCUT2D eigenvalue weighted by Gasteiger charge is 2.31. The number of aliphatic hydroxyl groups is 2. The van der Waals surface area contributed by atoms with E-state index in [2.05, 4.69) is 5.32 Å². The molecule has 1 aromatic carbocycles. The highest BCUT2D eigenvalue weighted by atomic mass is 16.3. The van der Waals surface area contributed by atoms with Crippen molar-refractivity contribution in [2.24, 2.45) is 5.73 Å². The predicted octanol–water partition coefficient (Wildman–Crippen LogP) is 0.0302. The van der Waals surface area contributed by atoms with Crippen molar-refractivity contribution in [3.8, 4) is 0 Å². The van der Waals surface area contributed by atoms with E-state index in [1.807, 2.05) is 30.3 Å². The van der Waals surface area contributed by atoms with Gasteiger partial charge in [-0.25, -0.2) is 0 Å². The second-order valence-electron chi connectivity index (χ2n) is 5.04. The fourth-order valence-electron chi connectivity index (χ4n) is 2.50. The van der Waals surface area contributed by atoms with E-state index in [1.165, 1.54) is 0 Å². The summed E-state index contributed by atoms with van der Waals surface area (Å²) in [7, 11) is 0. The lowest BCUT2D eigenvalue weighted by Gasteiger charge is -2.28. The van der Waals surface area contributed by atoms with Crippen molar-refractivity contribution in [2.75, 3.05) is 6.54 Å². The largest absolute Gasteiger partial charge is 0.389 e. The molecule has 4 atom stereocenters. The third-order valence-electron chi connectivity index (χ3n) is 3.61. The van der Waals surface area contributed by atoms with E-state index in [9.17, 15) is 10.2 Å². The Bertz CT molecular complexity index is 352. The highest BCUT2D eigenvalue weighted by molar-refractivity contribution is 5.16. The Balaban J connectivity index is 1.89. The lowest BCUT2D eigenvalue weighted by molar-refractivity contribution is -0.0135. The van der Waals surface area contributed by atoms with Gasteiger partial charge in [-0.1, -0.05) is 30.3 Å². The number of benzene rings is 1. The van der Waals surface area contributed by atoms with Crippen LogP contribution in [0.1, 0.15) is 18.4 Å². The zero-order chi connectivity index (χ0) is 13.0. The first-order chi connectivity index (χ1) is 8.68. The van der Waals surface area contributed by atoms with Crippen LogP contribution in [0.4, 0.5) is 0 Å². The first-order valence-corrected chi connectivity index (χ1v) is 6.57. The Hall–Kier alpha value is -0.940. The fourth-order valence-corrected chi connectivity index (χ4v) is 2.50. The summed E-state index contributed by atoms with van der Waals surface area (Å²) in [5, 5.41) is 23.4. The fraction of sp³-hybridized carbons (Fsp3) is 0.571. The van der Waals surface area contributed by atoms with Gasteiger partial charge in [-0.15, -0.1) is 0 Å². The Morgan fingerprint density at radius 1 is 1.28 bits per heavy atom. The van der Waals surface area contributed by atoms with Crippen LogP contribution < -0.4 is 11.1 Å². The third kappa shape index (κ3) is 3.29. The smallest absolute Gasteiger partial charge is 0.0968 e. The Morgan fingerprint density at radius 3 is 2.61 bits per heavy atom. The molecular formula is C14H22N2O2. The summed E-state index contributed by atoms with van der Waals surface area (Å²) in [6.45, 7) is 0.905. The van der Waals surface area contributed by atoms with Crippen LogP contribution in [0.2, 0.25) is 0 Å². The molecule has 1 aliphatic heterocycles. The number of hydrogen-bond donors (Lipinski definition) is 4. The molecule has 4 heteroatoms. The SMILES string of the molecule is NC(Cc1ccccc1)C(O)C(O)[C@@H]1CCCN1. The number of aliphatic hydroxyl groups excluding tert-OH is 2. The molecule has 0 saturated carbocycles. The Labute approximate surface area is 108 Å². The van der Waals surface area contributed by atoms with Gasteiger partial charge < -0.3 is 21.3 Å². The Kier molecular flexibility index (Phi) is 4.72. The molecular weight excluding hydrogens is 228 g/mol. The van der Waals surface area contributed by atoms with Gasteiger partial charge in [0.05, 0.1) is 12.2 Å². The van der Waals surface area contributed by atoms with Gasteiger partial charge >= 0.3 is 0 Å². The van der Waals surface area contributed by atoms with Crippen LogP contribution in [0.3, 0.4) is 0 Å². The summed E-state index contributed by atoms with van der Waals surface area (Å²) in [4.78, 5) is 0. The number of rotatable bonds is 5. The highest BCUT2D eigenvalue weighted by Crippen LogP contribution is 2.15. The third-order valence-corrected chi connectivity index (χ3v) is 3.61. The lowest BCUT2D eigenvalue weighted by Crippen LogP contribution is -2.51. The Morgan fingerprint density at radius 2 is 2.00 bits per heavy atom. The minimum absolute atomic E-state index is 0.0261. The lowest BCUT2D eigenvalue weighted by atomic mass is 9.94. The number of nitrogens with one attached hydrogen (secondary N) is 1. The van der Waals surface area contributed by atoms with Crippen LogP contribution in [0, 0.1) is 0 Å². The normalized spacial score (nSPS) is 24.7. The summed E-state index contributed by atoms with van der Waals surface area (Å²) in [5.41, 5.74) is 7.06. The molecule has 1 aliphatic rings. The minimum atomic E-state index is -0.888. The van der Waals surface area contributed by atoms with Gasteiger partial charge in [0.15, 0.2) is 0 Å². The molecule has 0 aliphatic carbocycles. The van der Waals surface area contributed by atoms with Crippen LogP contribution in [-0.4, -0.2) is 41.0 Å². The summed E-state index contributed by atoms with van der Waals surface area (Å²) in [5.74, 6) is 0. The van der Waals surface area contributed by atoms with E-state index in [4.69, 9.17) is 5.73 Å².